The molecular formula is C19H22ClN5O2. The monoisotopic (exact) mass is 387 g/mol. The number of hydrogen-bond acceptors (Lipinski definition) is 4. The van der Waals surface area contributed by atoms with Gasteiger partial charge in [0.1, 0.15) is 0 Å². The Morgan fingerprint density at radius 3 is 3.00 bits per heavy atom. The van der Waals surface area contributed by atoms with E-state index in [2.05, 4.69) is 10.4 Å². The number of amides is 2. The van der Waals surface area contributed by atoms with Gasteiger partial charge in [0.2, 0.25) is 5.91 Å². The van der Waals surface area contributed by atoms with Crippen molar-refractivity contribution in [3.63, 3.8) is 0 Å². The predicted molar refractivity (Wildman–Crippen MR) is 102 cm³/mol. The molecule has 0 radical (unpaired) electrons. The smallest absolute Gasteiger partial charge is 0.257 e. The predicted octanol–water partition coefficient (Wildman–Crippen LogP) is 1.56. The number of carbonyl (C=O) groups is 2. The molecule has 2 aromatic rings. The minimum absolute atomic E-state index is 0.0458. The number of hydrogen-bond donors (Lipinski definition) is 1. The minimum Gasteiger partial charge on any atom is -0.336 e. The van der Waals surface area contributed by atoms with Crippen LogP contribution in [0.25, 0.3) is 5.69 Å². The Balaban J connectivity index is 1.47. The fraction of sp³-hybridized carbons (Fsp3) is 0.421. The van der Waals surface area contributed by atoms with Gasteiger partial charge in [-0.3, -0.25) is 9.59 Å². The molecule has 3 heterocycles. The average molecular weight is 388 g/mol. The molecule has 2 saturated heterocycles. The lowest BCUT2D eigenvalue weighted by Crippen LogP contribution is -2.57. The summed E-state index contributed by atoms with van der Waals surface area (Å²) in [7, 11) is 0. The normalized spacial score (nSPS) is 20.8. The first kappa shape index (κ1) is 18.0. The lowest BCUT2D eigenvalue weighted by atomic mass is 10.0. The molecule has 27 heavy (non-hydrogen) atoms. The summed E-state index contributed by atoms with van der Waals surface area (Å²) in [6.07, 6.45) is 5.16. The Morgan fingerprint density at radius 1 is 1.30 bits per heavy atom. The number of rotatable bonds is 3. The third-order valence-electron chi connectivity index (χ3n) is 5.15. The molecule has 8 heteroatoms. The summed E-state index contributed by atoms with van der Waals surface area (Å²) in [5.74, 6) is 0.0740. The van der Waals surface area contributed by atoms with Gasteiger partial charge >= 0.3 is 0 Å². The first-order chi connectivity index (χ1) is 13.1. The lowest BCUT2D eigenvalue weighted by Gasteiger charge is -2.41. The standard InChI is InChI=1S/C19H22ClN5O2/c20-15-3-1-4-16(9-15)25-12-14(10-22-25)19(27)23-7-2-5-17(13-23)24-8-6-21-11-18(24)26/h1,3-4,9-10,12,17,21H,2,5-8,11,13H2. The van der Waals surface area contributed by atoms with Gasteiger partial charge in [0, 0.05) is 43.4 Å². The van der Waals surface area contributed by atoms with E-state index < -0.39 is 0 Å². The maximum absolute atomic E-state index is 13.0. The molecule has 2 aliphatic rings. The van der Waals surface area contributed by atoms with Crippen molar-refractivity contribution < 1.29 is 9.59 Å². The van der Waals surface area contributed by atoms with E-state index in [9.17, 15) is 9.59 Å². The molecule has 0 spiro atoms. The summed E-state index contributed by atoms with van der Waals surface area (Å²) in [5.41, 5.74) is 1.35. The van der Waals surface area contributed by atoms with Crippen molar-refractivity contribution in [3.8, 4) is 5.69 Å². The molecule has 1 atom stereocenters. The first-order valence-corrected chi connectivity index (χ1v) is 9.60. The number of likely N-dealkylation sites (tertiary alicyclic amines) is 1. The largest absolute Gasteiger partial charge is 0.336 e. The van der Waals surface area contributed by atoms with Crippen molar-refractivity contribution in [3.05, 3.63) is 47.2 Å². The van der Waals surface area contributed by atoms with E-state index in [1.54, 1.807) is 29.2 Å². The molecule has 1 aromatic heterocycles. The molecule has 142 valence electrons. The maximum Gasteiger partial charge on any atom is 0.257 e. The van der Waals surface area contributed by atoms with Crippen LogP contribution in [-0.4, -0.2) is 70.2 Å². The summed E-state index contributed by atoms with van der Waals surface area (Å²) >= 11 is 6.03. The fourth-order valence-corrected chi connectivity index (χ4v) is 3.96. The molecule has 2 aliphatic heterocycles. The number of piperidine rings is 1. The minimum atomic E-state index is -0.0458. The summed E-state index contributed by atoms with van der Waals surface area (Å²) in [4.78, 5) is 28.9. The van der Waals surface area contributed by atoms with Gasteiger partial charge in [0.15, 0.2) is 0 Å². The van der Waals surface area contributed by atoms with Crippen molar-refractivity contribution in [1.82, 2.24) is 24.9 Å². The SMILES string of the molecule is O=C(c1cnn(-c2cccc(Cl)c2)c1)N1CCCC(N2CCNCC2=O)C1. The molecule has 0 aliphatic carbocycles. The zero-order valence-electron chi connectivity index (χ0n) is 15.0. The number of benzene rings is 1. The Kier molecular flexibility index (Phi) is 5.13. The van der Waals surface area contributed by atoms with Gasteiger partial charge < -0.3 is 15.1 Å². The van der Waals surface area contributed by atoms with E-state index in [1.807, 2.05) is 21.9 Å². The fourth-order valence-electron chi connectivity index (χ4n) is 3.78. The molecule has 0 bridgehead atoms. The van der Waals surface area contributed by atoms with Crippen molar-refractivity contribution in [2.24, 2.45) is 0 Å². The van der Waals surface area contributed by atoms with Crippen LogP contribution >= 0.6 is 11.6 Å². The molecule has 1 aromatic carbocycles. The summed E-state index contributed by atoms with van der Waals surface area (Å²) < 4.78 is 1.65. The number of halogens is 1. The van der Waals surface area contributed by atoms with Crippen LogP contribution in [0.2, 0.25) is 5.02 Å². The zero-order chi connectivity index (χ0) is 18.8. The summed E-state index contributed by atoms with van der Waals surface area (Å²) in [5, 5.41) is 8.02. The second kappa shape index (κ2) is 7.70. The van der Waals surface area contributed by atoms with Gasteiger partial charge in [-0.1, -0.05) is 17.7 Å². The van der Waals surface area contributed by atoms with Crippen LogP contribution in [0.4, 0.5) is 0 Å². The molecule has 7 nitrogen and oxygen atoms in total. The molecule has 0 saturated carbocycles. The number of nitrogens with zero attached hydrogens (tertiary/aromatic N) is 4. The molecule has 2 fully saturated rings. The number of aromatic nitrogens is 2. The van der Waals surface area contributed by atoms with E-state index in [4.69, 9.17) is 11.6 Å². The van der Waals surface area contributed by atoms with Crippen molar-refractivity contribution in [1.29, 1.82) is 0 Å². The Bertz CT molecular complexity index is 852. The van der Waals surface area contributed by atoms with Crippen LogP contribution in [0.5, 0.6) is 0 Å². The highest BCUT2D eigenvalue weighted by Crippen LogP contribution is 2.20. The van der Waals surface area contributed by atoms with Gasteiger partial charge in [-0.15, -0.1) is 0 Å². The van der Waals surface area contributed by atoms with Crippen LogP contribution in [0.1, 0.15) is 23.2 Å². The highest BCUT2D eigenvalue weighted by atomic mass is 35.5. The third-order valence-corrected chi connectivity index (χ3v) is 5.39. The van der Waals surface area contributed by atoms with E-state index in [1.165, 1.54) is 0 Å². The van der Waals surface area contributed by atoms with Crippen LogP contribution in [0, 0.1) is 0 Å². The number of piperazine rings is 1. The lowest BCUT2D eigenvalue weighted by molar-refractivity contribution is -0.135. The van der Waals surface area contributed by atoms with Crippen molar-refractivity contribution in [2.75, 3.05) is 32.7 Å². The first-order valence-electron chi connectivity index (χ1n) is 9.22. The third kappa shape index (κ3) is 3.84. The molecule has 1 N–H and O–H groups in total. The van der Waals surface area contributed by atoms with E-state index in [-0.39, 0.29) is 17.9 Å². The quantitative estimate of drug-likeness (QED) is 0.867. The second-order valence-electron chi connectivity index (χ2n) is 6.96. The number of carbonyl (C=O) groups excluding carboxylic acids is 2. The van der Waals surface area contributed by atoms with Gasteiger partial charge in [0.05, 0.1) is 24.0 Å². The molecular weight excluding hydrogens is 366 g/mol. The van der Waals surface area contributed by atoms with E-state index in [0.717, 1.165) is 25.1 Å². The van der Waals surface area contributed by atoms with Crippen LogP contribution in [0.15, 0.2) is 36.7 Å². The van der Waals surface area contributed by atoms with Gasteiger partial charge in [-0.25, -0.2) is 4.68 Å². The second-order valence-corrected chi connectivity index (χ2v) is 7.40. The van der Waals surface area contributed by atoms with Crippen LogP contribution < -0.4 is 5.32 Å². The van der Waals surface area contributed by atoms with Crippen molar-refractivity contribution in [2.45, 2.75) is 18.9 Å². The molecule has 1 unspecified atom stereocenters. The Morgan fingerprint density at radius 2 is 2.19 bits per heavy atom. The van der Waals surface area contributed by atoms with Crippen LogP contribution in [-0.2, 0) is 4.79 Å². The summed E-state index contributed by atoms with van der Waals surface area (Å²) in [6, 6.07) is 7.43. The Labute approximate surface area is 162 Å². The van der Waals surface area contributed by atoms with E-state index in [0.29, 0.717) is 36.8 Å². The highest BCUT2D eigenvalue weighted by Gasteiger charge is 2.32. The maximum atomic E-state index is 13.0. The molecule has 2 amide bonds. The Hall–Kier alpha value is -2.38. The van der Waals surface area contributed by atoms with Gasteiger partial charge in [-0.05, 0) is 31.0 Å². The average Bonchev–Trinajstić information content (AvgIpc) is 3.18. The van der Waals surface area contributed by atoms with E-state index >= 15 is 0 Å². The van der Waals surface area contributed by atoms with Gasteiger partial charge in [-0.2, -0.15) is 5.10 Å². The highest BCUT2D eigenvalue weighted by molar-refractivity contribution is 6.30. The number of nitrogens with one attached hydrogen (secondary N) is 1. The summed E-state index contributed by atoms with van der Waals surface area (Å²) in [6.45, 7) is 3.18. The van der Waals surface area contributed by atoms with Crippen LogP contribution in [0.3, 0.4) is 0 Å². The van der Waals surface area contributed by atoms with Gasteiger partial charge in [0.25, 0.3) is 5.91 Å². The topological polar surface area (TPSA) is 70.5 Å². The molecule has 4 rings (SSSR count). The zero-order valence-corrected chi connectivity index (χ0v) is 15.7. The van der Waals surface area contributed by atoms with Crippen molar-refractivity contribution >= 4 is 23.4 Å².